The van der Waals surface area contributed by atoms with Gasteiger partial charge in [0, 0.05) is 30.0 Å². The molecule has 0 radical (unpaired) electrons. The number of benzene rings is 1. The second-order valence-corrected chi connectivity index (χ2v) is 5.30. The zero-order valence-electron chi connectivity index (χ0n) is 11.9. The smallest absolute Gasteiger partial charge is 0.0908 e. The van der Waals surface area contributed by atoms with Gasteiger partial charge in [-0.3, -0.25) is 9.67 Å². The molecule has 0 saturated heterocycles. The Morgan fingerprint density at radius 1 is 1.19 bits per heavy atom. The van der Waals surface area contributed by atoms with Crippen molar-refractivity contribution < 1.29 is 0 Å². The quantitative estimate of drug-likeness (QED) is 0.771. The van der Waals surface area contributed by atoms with Crippen LogP contribution in [0.25, 0.3) is 10.9 Å². The summed E-state index contributed by atoms with van der Waals surface area (Å²) >= 11 is 6.19. The van der Waals surface area contributed by atoms with Crippen LogP contribution in [0.4, 0.5) is 5.69 Å². The van der Waals surface area contributed by atoms with Crippen molar-refractivity contribution in [1.29, 1.82) is 0 Å². The Morgan fingerprint density at radius 2 is 2.10 bits per heavy atom. The van der Waals surface area contributed by atoms with Gasteiger partial charge in [0.05, 0.1) is 22.8 Å². The average molecular weight is 301 g/mol. The molecule has 108 valence electrons. The van der Waals surface area contributed by atoms with Crippen LogP contribution in [0.15, 0.2) is 42.7 Å². The first-order valence-corrected chi connectivity index (χ1v) is 7.45. The lowest BCUT2D eigenvalue weighted by Crippen LogP contribution is -2.09. The molecule has 2 heterocycles. The molecule has 1 N–H and O–H groups in total. The van der Waals surface area contributed by atoms with E-state index < -0.39 is 0 Å². The van der Waals surface area contributed by atoms with Crippen LogP contribution in [0.2, 0.25) is 5.02 Å². The first-order chi connectivity index (χ1) is 10.3. The monoisotopic (exact) mass is 300 g/mol. The van der Waals surface area contributed by atoms with E-state index in [0.717, 1.165) is 36.1 Å². The summed E-state index contributed by atoms with van der Waals surface area (Å²) in [5.41, 5.74) is 3.03. The van der Waals surface area contributed by atoms with Crippen molar-refractivity contribution in [3.63, 3.8) is 0 Å². The third-order valence-corrected chi connectivity index (χ3v) is 3.73. The molecule has 5 heteroatoms. The number of aromatic nitrogens is 3. The van der Waals surface area contributed by atoms with Crippen LogP contribution in [0.3, 0.4) is 0 Å². The molecule has 3 aromatic rings. The predicted octanol–water partition coefficient (Wildman–Crippen LogP) is 4.11. The van der Waals surface area contributed by atoms with Gasteiger partial charge in [-0.25, -0.2) is 0 Å². The zero-order valence-corrected chi connectivity index (χ0v) is 12.6. The molecule has 3 rings (SSSR count). The minimum absolute atomic E-state index is 0.673. The zero-order chi connectivity index (χ0) is 14.7. The topological polar surface area (TPSA) is 42.7 Å². The lowest BCUT2D eigenvalue weighted by atomic mass is 10.2. The van der Waals surface area contributed by atoms with Crippen LogP contribution >= 0.6 is 11.6 Å². The standard InChI is InChI=1S/C16H17ClN4/c1-2-10-21-12(7-9-20-21)11-19-15-6-5-14(17)16-13(15)4-3-8-18-16/h3-9,19H,2,10-11H2,1H3. The number of anilines is 1. The van der Waals surface area contributed by atoms with Crippen molar-refractivity contribution in [1.82, 2.24) is 14.8 Å². The van der Waals surface area contributed by atoms with E-state index >= 15 is 0 Å². The second-order valence-electron chi connectivity index (χ2n) is 4.89. The van der Waals surface area contributed by atoms with Gasteiger partial charge in [-0.2, -0.15) is 5.10 Å². The van der Waals surface area contributed by atoms with E-state index in [1.807, 2.05) is 41.2 Å². The Balaban J connectivity index is 1.85. The molecular weight excluding hydrogens is 284 g/mol. The molecule has 0 amide bonds. The van der Waals surface area contributed by atoms with E-state index in [0.29, 0.717) is 5.02 Å². The molecule has 0 fully saturated rings. The summed E-state index contributed by atoms with van der Waals surface area (Å²) in [7, 11) is 0. The molecule has 0 unspecified atom stereocenters. The molecule has 0 saturated carbocycles. The van der Waals surface area contributed by atoms with Crippen molar-refractivity contribution in [2.45, 2.75) is 26.4 Å². The lowest BCUT2D eigenvalue weighted by molar-refractivity contribution is 0.578. The number of hydrogen-bond donors (Lipinski definition) is 1. The van der Waals surface area contributed by atoms with Crippen molar-refractivity contribution in [3.8, 4) is 0 Å². The van der Waals surface area contributed by atoms with Gasteiger partial charge < -0.3 is 5.32 Å². The number of nitrogens with zero attached hydrogens (tertiary/aromatic N) is 3. The summed E-state index contributed by atoms with van der Waals surface area (Å²) in [4.78, 5) is 4.34. The SMILES string of the molecule is CCCn1nccc1CNc1ccc(Cl)c2ncccc12. The van der Waals surface area contributed by atoms with Crippen LogP contribution in [0.1, 0.15) is 19.0 Å². The Hall–Kier alpha value is -2.07. The van der Waals surface area contributed by atoms with Gasteiger partial charge in [0.1, 0.15) is 0 Å². The Labute approximate surface area is 128 Å². The number of rotatable bonds is 5. The minimum Gasteiger partial charge on any atom is -0.379 e. The van der Waals surface area contributed by atoms with Crippen LogP contribution in [0.5, 0.6) is 0 Å². The molecule has 0 aliphatic carbocycles. The number of hydrogen-bond acceptors (Lipinski definition) is 3. The fraction of sp³-hybridized carbons (Fsp3) is 0.250. The number of pyridine rings is 1. The van der Waals surface area contributed by atoms with Crippen LogP contribution in [-0.2, 0) is 13.1 Å². The van der Waals surface area contributed by atoms with Crippen LogP contribution in [-0.4, -0.2) is 14.8 Å². The second kappa shape index (κ2) is 6.14. The lowest BCUT2D eigenvalue weighted by Gasteiger charge is -2.11. The van der Waals surface area contributed by atoms with Gasteiger partial charge in [-0.15, -0.1) is 0 Å². The largest absolute Gasteiger partial charge is 0.379 e. The Bertz CT molecular complexity index is 751. The van der Waals surface area contributed by atoms with Gasteiger partial charge in [0.2, 0.25) is 0 Å². The normalized spacial score (nSPS) is 11.0. The van der Waals surface area contributed by atoms with Crippen LogP contribution in [0, 0.1) is 0 Å². The summed E-state index contributed by atoms with van der Waals surface area (Å²) in [6.45, 7) is 3.82. The van der Waals surface area contributed by atoms with Gasteiger partial charge in [0.25, 0.3) is 0 Å². The first kappa shape index (κ1) is 13.9. The maximum Gasteiger partial charge on any atom is 0.0908 e. The fourth-order valence-electron chi connectivity index (χ4n) is 2.40. The highest BCUT2D eigenvalue weighted by Gasteiger charge is 2.06. The molecule has 0 bridgehead atoms. The average Bonchev–Trinajstić information content (AvgIpc) is 2.95. The summed E-state index contributed by atoms with van der Waals surface area (Å²) in [6, 6.07) is 9.86. The minimum atomic E-state index is 0.673. The number of halogens is 1. The van der Waals surface area contributed by atoms with Gasteiger partial charge >= 0.3 is 0 Å². The number of nitrogens with one attached hydrogen (secondary N) is 1. The van der Waals surface area contributed by atoms with E-state index in [4.69, 9.17) is 11.6 Å². The van der Waals surface area contributed by atoms with Crippen molar-refractivity contribution in [3.05, 3.63) is 53.4 Å². The van der Waals surface area contributed by atoms with E-state index in [2.05, 4.69) is 22.3 Å². The summed E-state index contributed by atoms with van der Waals surface area (Å²) < 4.78 is 2.03. The van der Waals surface area contributed by atoms with Crippen molar-refractivity contribution >= 4 is 28.2 Å². The predicted molar refractivity (Wildman–Crippen MR) is 86.6 cm³/mol. The van der Waals surface area contributed by atoms with E-state index in [1.54, 1.807) is 6.20 Å². The van der Waals surface area contributed by atoms with Crippen LogP contribution < -0.4 is 5.32 Å². The highest BCUT2D eigenvalue weighted by atomic mass is 35.5. The van der Waals surface area contributed by atoms with E-state index in [9.17, 15) is 0 Å². The third-order valence-electron chi connectivity index (χ3n) is 3.42. The van der Waals surface area contributed by atoms with Crippen molar-refractivity contribution in [2.75, 3.05) is 5.32 Å². The van der Waals surface area contributed by atoms with Gasteiger partial charge in [-0.05, 0) is 36.8 Å². The Morgan fingerprint density at radius 3 is 2.95 bits per heavy atom. The fourth-order valence-corrected chi connectivity index (χ4v) is 2.62. The maximum absolute atomic E-state index is 6.19. The number of aryl methyl sites for hydroxylation is 1. The molecule has 0 aliphatic rings. The van der Waals surface area contributed by atoms with Gasteiger partial charge in [0.15, 0.2) is 0 Å². The van der Waals surface area contributed by atoms with E-state index in [1.165, 1.54) is 5.69 Å². The number of fused-ring (bicyclic) bond motifs is 1. The molecule has 0 aliphatic heterocycles. The van der Waals surface area contributed by atoms with E-state index in [-0.39, 0.29) is 0 Å². The highest BCUT2D eigenvalue weighted by Crippen LogP contribution is 2.28. The Kier molecular flexibility index (Phi) is 4.06. The highest BCUT2D eigenvalue weighted by molar-refractivity contribution is 6.35. The summed E-state index contributed by atoms with van der Waals surface area (Å²) in [5.74, 6) is 0. The molecule has 2 aromatic heterocycles. The summed E-state index contributed by atoms with van der Waals surface area (Å²) in [5, 5.41) is 9.50. The third kappa shape index (κ3) is 2.85. The van der Waals surface area contributed by atoms with Gasteiger partial charge in [-0.1, -0.05) is 18.5 Å². The molecule has 4 nitrogen and oxygen atoms in total. The molecule has 0 atom stereocenters. The molecular formula is C16H17ClN4. The maximum atomic E-state index is 6.19. The van der Waals surface area contributed by atoms with Crippen molar-refractivity contribution in [2.24, 2.45) is 0 Å². The summed E-state index contributed by atoms with van der Waals surface area (Å²) in [6.07, 6.45) is 4.67. The molecule has 21 heavy (non-hydrogen) atoms. The molecule has 1 aromatic carbocycles. The first-order valence-electron chi connectivity index (χ1n) is 7.07. The molecule has 0 spiro atoms.